The molecule has 2 aromatic heterocycles. The van der Waals surface area contributed by atoms with Crippen LogP contribution in [0.2, 0.25) is 0 Å². The van der Waals surface area contributed by atoms with E-state index in [1.165, 1.54) is 0 Å². The van der Waals surface area contributed by atoms with Crippen LogP contribution in [-0.4, -0.2) is 15.5 Å². The second kappa shape index (κ2) is 5.33. The number of carbonyl (C=O) groups is 1. The van der Waals surface area contributed by atoms with Gasteiger partial charge < -0.3 is 9.88 Å². The largest absolute Gasteiger partial charge is 0.345 e. The molecule has 0 radical (unpaired) electrons. The van der Waals surface area contributed by atoms with Gasteiger partial charge in [0.25, 0.3) is 5.91 Å². The molecule has 0 bridgehead atoms. The summed E-state index contributed by atoms with van der Waals surface area (Å²) in [5.41, 5.74) is 3.36. The number of aromatic nitrogens is 2. The molecule has 0 atom stereocenters. The van der Waals surface area contributed by atoms with Crippen molar-refractivity contribution < 1.29 is 4.79 Å². The molecule has 21 heavy (non-hydrogen) atoms. The summed E-state index contributed by atoms with van der Waals surface area (Å²) in [6.07, 6.45) is 3.61. The first-order chi connectivity index (χ1) is 10.1. The third-order valence-corrected chi connectivity index (χ3v) is 3.86. The number of fused-ring (bicyclic) bond motifs is 1. The van der Waals surface area contributed by atoms with Crippen molar-refractivity contribution in [1.82, 2.24) is 9.55 Å². The van der Waals surface area contributed by atoms with Crippen molar-refractivity contribution in [3.05, 3.63) is 58.5 Å². The normalized spacial score (nSPS) is 10.8. The molecule has 1 amide bonds. The van der Waals surface area contributed by atoms with E-state index < -0.39 is 0 Å². The molecule has 3 rings (SSSR count). The molecule has 0 unspecified atom stereocenters. The molecule has 1 N–H and O–H groups in total. The predicted octanol–water partition coefficient (Wildman–Crippen LogP) is 3.90. The summed E-state index contributed by atoms with van der Waals surface area (Å²) in [7, 11) is 1.84. The van der Waals surface area contributed by atoms with Crippen molar-refractivity contribution in [2.24, 2.45) is 7.05 Å². The molecule has 0 aliphatic rings. The zero-order valence-corrected chi connectivity index (χ0v) is 13.3. The van der Waals surface area contributed by atoms with Crippen LogP contribution >= 0.6 is 15.9 Å². The number of anilines is 1. The van der Waals surface area contributed by atoms with Gasteiger partial charge in [-0.1, -0.05) is 6.07 Å². The number of hydrogen-bond donors (Lipinski definition) is 1. The van der Waals surface area contributed by atoms with Crippen molar-refractivity contribution in [2.45, 2.75) is 6.92 Å². The highest BCUT2D eigenvalue weighted by molar-refractivity contribution is 9.10. The Bertz CT molecular complexity index is 839. The maximum Gasteiger partial charge on any atom is 0.272 e. The van der Waals surface area contributed by atoms with Gasteiger partial charge in [-0.25, -0.2) is 0 Å². The van der Waals surface area contributed by atoms with Gasteiger partial charge in [-0.05, 0) is 52.7 Å². The Kier molecular flexibility index (Phi) is 3.51. The lowest BCUT2D eigenvalue weighted by Gasteiger charge is -2.10. The van der Waals surface area contributed by atoms with Crippen LogP contribution in [-0.2, 0) is 7.05 Å². The number of benzene rings is 1. The molecule has 0 saturated carbocycles. The van der Waals surface area contributed by atoms with Gasteiger partial charge in [0, 0.05) is 29.3 Å². The highest BCUT2D eigenvalue weighted by Crippen LogP contribution is 2.25. The van der Waals surface area contributed by atoms with Crippen molar-refractivity contribution in [2.75, 3.05) is 5.32 Å². The Hall–Kier alpha value is -2.14. The van der Waals surface area contributed by atoms with Crippen LogP contribution in [0.3, 0.4) is 0 Å². The first-order valence-corrected chi connectivity index (χ1v) is 7.33. The fourth-order valence-corrected chi connectivity index (χ4v) is 2.88. The minimum Gasteiger partial charge on any atom is -0.345 e. The Balaban J connectivity index is 2.01. The van der Waals surface area contributed by atoms with Crippen molar-refractivity contribution in [3.63, 3.8) is 0 Å². The number of nitrogens with one attached hydrogen (secondary N) is 1. The topological polar surface area (TPSA) is 46.9 Å². The molecule has 106 valence electrons. The molecule has 3 aromatic rings. The molecule has 2 heterocycles. The Morgan fingerprint density at radius 3 is 2.86 bits per heavy atom. The van der Waals surface area contributed by atoms with E-state index in [0.29, 0.717) is 5.69 Å². The Morgan fingerprint density at radius 2 is 2.14 bits per heavy atom. The smallest absolute Gasteiger partial charge is 0.272 e. The minimum atomic E-state index is -0.141. The Morgan fingerprint density at radius 1 is 1.33 bits per heavy atom. The molecule has 0 aliphatic heterocycles. The summed E-state index contributed by atoms with van der Waals surface area (Å²) < 4.78 is 2.67. The molecule has 5 heteroatoms. The second-order valence-electron chi connectivity index (χ2n) is 4.94. The molecule has 0 saturated heterocycles. The van der Waals surface area contributed by atoms with E-state index in [4.69, 9.17) is 0 Å². The average Bonchev–Trinajstić information content (AvgIpc) is 2.81. The number of rotatable bonds is 2. The van der Waals surface area contributed by atoms with Crippen LogP contribution in [0.4, 0.5) is 5.69 Å². The first kappa shape index (κ1) is 13.8. The highest BCUT2D eigenvalue weighted by atomic mass is 79.9. The van der Waals surface area contributed by atoms with E-state index in [2.05, 4.69) is 26.2 Å². The van der Waals surface area contributed by atoms with E-state index in [1.54, 1.807) is 16.8 Å². The van der Waals surface area contributed by atoms with Crippen LogP contribution < -0.4 is 5.32 Å². The lowest BCUT2D eigenvalue weighted by atomic mass is 10.1. The van der Waals surface area contributed by atoms with Crippen LogP contribution in [0.1, 0.15) is 16.1 Å². The number of halogens is 1. The quantitative estimate of drug-likeness (QED) is 0.767. The summed E-state index contributed by atoms with van der Waals surface area (Å²) in [5.74, 6) is -0.141. The number of hydrogen-bond acceptors (Lipinski definition) is 2. The summed E-state index contributed by atoms with van der Waals surface area (Å²) in [6.45, 7) is 2.01. The van der Waals surface area contributed by atoms with Gasteiger partial charge in [0.2, 0.25) is 0 Å². The fourth-order valence-electron chi connectivity index (χ4n) is 2.36. The highest BCUT2D eigenvalue weighted by Gasteiger charge is 2.13. The second-order valence-corrected chi connectivity index (χ2v) is 5.85. The maximum absolute atomic E-state index is 12.4. The third kappa shape index (κ3) is 2.56. The number of pyridine rings is 1. The number of carbonyl (C=O) groups excluding carboxylic acids is 1. The van der Waals surface area contributed by atoms with Crippen LogP contribution in [0, 0.1) is 6.92 Å². The first-order valence-electron chi connectivity index (χ1n) is 6.54. The molecular weight excluding hydrogens is 330 g/mol. The van der Waals surface area contributed by atoms with Gasteiger partial charge in [-0.2, -0.15) is 0 Å². The summed E-state index contributed by atoms with van der Waals surface area (Å²) in [6, 6.07) is 9.51. The predicted molar refractivity (Wildman–Crippen MR) is 87.5 cm³/mol. The lowest BCUT2D eigenvalue weighted by Crippen LogP contribution is -2.15. The zero-order chi connectivity index (χ0) is 15.0. The van der Waals surface area contributed by atoms with Gasteiger partial charge in [-0.15, -0.1) is 0 Å². The third-order valence-electron chi connectivity index (χ3n) is 3.42. The van der Waals surface area contributed by atoms with Gasteiger partial charge in [-0.3, -0.25) is 9.78 Å². The zero-order valence-electron chi connectivity index (χ0n) is 11.7. The van der Waals surface area contributed by atoms with E-state index in [0.717, 1.165) is 26.6 Å². The van der Waals surface area contributed by atoms with Gasteiger partial charge in [0.15, 0.2) is 0 Å². The van der Waals surface area contributed by atoms with Gasteiger partial charge in [0.1, 0.15) is 5.69 Å². The van der Waals surface area contributed by atoms with E-state index in [9.17, 15) is 4.79 Å². The number of nitrogens with zero attached hydrogens (tertiary/aromatic N) is 2. The van der Waals surface area contributed by atoms with Crippen molar-refractivity contribution >= 4 is 38.4 Å². The number of amides is 1. The van der Waals surface area contributed by atoms with Gasteiger partial charge >= 0.3 is 0 Å². The molecule has 0 fully saturated rings. The molecule has 0 aliphatic carbocycles. The van der Waals surface area contributed by atoms with Crippen molar-refractivity contribution in [1.29, 1.82) is 0 Å². The SMILES string of the molecule is Cc1ccc(NC(=O)c2cc(Br)cn2C)c2cccnc12. The van der Waals surface area contributed by atoms with Crippen LogP contribution in [0.5, 0.6) is 0 Å². The summed E-state index contributed by atoms with van der Waals surface area (Å²) in [4.78, 5) is 16.8. The Labute approximate surface area is 130 Å². The van der Waals surface area contributed by atoms with Crippen molar-refractivity contribution in [3.8, 4) is 0 Å². The van der Waals surface area contributed by atoms with Gasteiger partial charge in [0.05, 0.1) is 11.2 Å². The summed E-state index contributed by atoms with van der Waals surface area (Å²) in [5, 5.41) is 3.91. The summed E-state index contributed by atoms with van der Waals surface area (Å²) >= 11 is 3.38. The molecule has 0 spiro atoms. The van der Waals surface area contributed by atoms with E-state index in [1.807, 2.05) is 44.4 Å². The molecule has 4 nitrogen and oxygen atoms in total. The fraction of sp³-hybridized carbons (Fsp3) is 0.125. The van der Waals surface area contributed by atoms with E-state index >= 15 is 0 Å². The lowest BCUT2D eigenvalue weighted by molar-refractivity contribution is 0.101. The molecular formula is C16H14BrN3O. The standard InChI is InChI=1S/C16H14BrN3O/c1-10-5-6-13(12-4-3-7-18-15(10)12)19-16(21)14-8-11(17)9-20(14)2/h3-9H,1-2H3,(H,19,21). The monoisotopic (exact) mass is 343 g/mol. The van der Waals surface area contributed by atoms with Crippen LogP contribution in [0.15, 0.2) is 47.2 Å². The minimum absolute atomic E-state index is 0.141. The molecule has 1 aromatic carbocycles. The van der Waals surface area contributed by atoms with E-state index in [-0.39, 0.29) is 5.91 Å². The number of aryl methyl sites for hydroxylation is 2. The maximum atomic E-state index is 12.4. The average molecular weight is 344 g/mol. The van der Waals surface area contributed by atoms with Crippen LogP contribution in [0.25, 0.3) is 10.9 Å².